The van der Waals surface area contributed by atoms with Crippen LogP contribution >= 0.6 is 0 Å². The van der Waals surface area contributed by atoms with E-state index in [1.807, 2.05) is 6.08 Å². The van der Waals surface area contributed by atoms with Crippen LogP contribution in [0.15, 0.2) is 11.8 Å². The predicted molar refractivity (Wildman–Crippen MR) is 39.8 cm³/mol. The minimum absolute atomic E-state index is 0.0738. The maximum absolute atomic E-state index is 11.3. The Balaban J connectivity index is 2.01. The molecule has 0 aromatic carbocycles. The van der Waals surface area contributed by atoms with Crippen LogP contribution in [-0.4, -0.2) is 30.5 Å². The van der Waals surface area contributed by atoms with Crippen molar-refractivity contribution >= 4 is 5.91 Å². The lowest BCUT2D eigenvalue weighted by atomic mass is 10.2. The highest BCUT2D eigenvalue weighted by atomic mass is 16.5. The Hall–Kier alpha value is -0.990. The number of hydrogen-bond donors (Lipinski definition) is 0. The molecular formula is C8H11NO2. The Bertz CT molecular complexity index is 206. The first-order valence-electron chi connectivity index (χ1n) is 4.00. The quantitative estimate of drug-likeness (QED) is 0.514. The van der Waals surface area contributed by atoms with Gasteiger partial charge in [0.05, 0.1) is 6.61 Å². The van der Waals surface area contributed by atoms with E-state index in [4.69, 9.17) is 4.74 Å². The van der Waals surface area contributed by atoms with E-state index in [0.717, 1.165) is 25.9 Å². The molecule has 0 bridgehead atoms. The normalized spacial score (nSPS) is 22.2. The molecule has 3 nitrogen and oxygen atoms in total. The molecule has 2 aliphatic rings. The molecule has 3 heteroatoms. The highest BCUT2D eigenvalue weighted by molar-refractivity contribution is 5.92. The predicted octanol–water partition coefficient (Wildman–Crippen LogP) is 0.523. The van der Waals surface area contributed by atoms with Gasteiger partial charge in [0.15, 0.2) is 5.76 Å². The van der Waals surface area contributed by atoms with Gasteiger partial charge in [-0.05, 0) is 18.9 Å². The van der Waals surface area contributed by atoms with Gasteiger partial charge in [-0.3, -0.25) is 4.79 Å². The second kappa shape index (κ2) is 2.57. The van der Waals surface area contributed by atoms with Crippen molar-refractivity contribution in [3.63, 3.8) is 0 Å². The number of hydrogen-bond acceptors (Lipinski definition) is 2. The fourth-order valence-corrected chi connectivity index (χ4v) is 1.12. The second-order valence-corrected chi connectivity index (χ2v) is 2.85. The van der Waals surface area contributed by atoms with Gasteiger partial charge in [0.1, 0.15) is 0 Å². The summed E-state index contributed by atoms with van der Waals surface area (Å²) in [6, 6.07) is 0. The first kappa shape index (κ1) is 6.70. The van der Waals surface area contributed by atoms with E-state index in [-0.39, 0.29) is 5.91 Å². The summed E-state index contributed by atoms with van der Waals surface area (Å²) in [5, 5.41) is 0. The van der Waals surface area contributed by atoms with Gasteiger partial charge in [-0.1, -0.05) is 0 Å². The zero-order valence-electron chi connectivity index (χ0n) is 6.38. The highest BCUT2D eigenvalue weighted by Crippen LogP contribution is 2.16. The minimum Gasteiger partial charge on any atom is -0.488 e. The molecular weight excluding hydrogens is 142 g/mol. The van der Waals surface area contributed by atoms with Crippen LogP contribution in [0.2, 0.25) is 0 Å². The van der Waals surface area contributed by atoms with Crippen molar-refractivity contribution in [2.45, 2.75) is 12.8 Å². The summed E-state index contributed by atoms with van der Waals surface area (Å²) in [7, 11) is 0. The molecule has 0 atom stereocenters. The molecule has 0 radical (unpaired) electrons. The molecule has 2 rings (SSSR count). The molecule has 0 N–H and O–H groups in total. The lowest BCUT2D eigenvalue weighted by Gasteiger charge is -2.13. The SMILES string of the molecule is O=C(C1=CCCCO1)N1CC1. The van der Waals surface area contributed by atoms with Gasteiger partial charge >= 0.3 is 0 Å². The average Bonchev–Trinajstić information content (AvgIpc) is 2.87. The van der Waals surface area contributed by atoms with Gasteiger partial charge in [-0.2, -0.15) is 0 Å². The van der Waals surface area contributed by atoms with E-state index in [2.05, 4.69) is 0 Å². The second-order valence-electron chi connectivity index (χ2n) is 2.85. The number of rotatable bonds is 1. The van der Waals surface area contributed by atoms with Crippen LogP contribution < -0.4 is 0 Å². The van der Waals surface area contributed by atoms with Crippen LogP contribution in [0.25, 0.3) is 0 Å². The fraction of sp³-hybridized carbons (Fsp3) is 0.625. The number of ether oxygens (including phenoxy) is 1. The number of nitrogens with zero attached hydrogens (tertiary/aromatic N) is 1. The molecule has 1 fully saturated rings. The third-order valence-corrected chi connectivity index (χ3v) is 1.88. The number of carbonyl (C=O) groups excluding carboxylic acids is 1. The molecule has 60 valence electrons. The van der Waals surface area contributed by atoms with Crippen molar-refractivity contribution in [1.82, 2.24) is 4.90 Å². The summed E-state index contributed by atoms with van der Waals surface area (Å²) >= 11 is 0. The van der Waals surface area contributed by atoms with Gasteiger partial charge in [0.25, 0.3) is 5.91 Å². The fourth-order valence-electron chi connectivity index (χ4n) is 1.12. The summed E-state index contributed by atoms with van der Waals surface area (Å²) in [4.78, 5) is 13.1. The van der Waals surface area contributed by atoms with Crippen molar-refractivity contribution in [2.75, 3.05) is 19.7 Å². The monoisotopic (exact) mass is 153 g/mol. The van der Waals surface area contributed by atoms with Crippen molar-refractivity contribution in [3.8, 4) is 0 Å². The molecule has 1 amide bonds. The van der Waals surface area contributed by atoms with Crippen LogP contribution in [0.4, 0.5) is 0 Å². The summed E-state index contributed by atoms with van der Waals surface area (Å²) in [6.07, 6.45) is 3.91. The Labute approximate surface area is 65.6 Å². The van der Waals surface area contributed by atoms with Crippen molar-refractivity contribution in [1.29, 1.82) is 0 Å². The average molecular weight is 153 g/mol. The standard InChI is InChI=1S/C8H11NO2/c10-8(9-4-5-9)7-3-1-2-6-11-7/h3H,1-2,4-6H2. The van der Waals surface area contributed by atoms with E-state index in [1.54, 1.807) is 4.90 Å². The summed E-state index contributed by atoms with van der Waals surface area (Å²) in [6.45, 7) is 2.50. The van der Waals surface area contributed by atoms with E-state index < -0.39 is 0 Å². The maximum atomic E-state index is 11.3. The highest BCUT2D eigenvalue weighted by Gasteiger charge is 2.28. The van der Waals surface area contributed by atoms with Gasteiger partial charge in [0, 0.05) is 13.1 Å². The third kappa shape index (κ3) is 1.37. The first-order valence-corrected chi connectivity index (χ1v) is 4.00. The van der Waals surface area contributed by atoms with E-state index in [0.29, 0.717) is 12.4 Å². The largest absolute Gasteiger partial charge is 0.488 e. The molecule has 1 saturated heterocycles. The zero-order valence-corrected chi connectivity index (χ0v) is 6.38. The van der Waals surface area contributed by atoms with Gasteiger partial charge < -0.3 is 9.64 Å². The maximum Gasteiger partial charge on any atom is 0.288 e. The molecule has 0 aromatic heterocycles. The van der Waals surface area contributed by atoms with Gasteiger partial charge in [0.2, 0.25) is 0 Å². The number of allylic oxidation sites excluding steroid dienone is 1. The van der Waals surface area contributed by atoms with Crippen LogP contribution in [0.3, 0.4) is 0 Å². The van der Waals surface area contributed by atoms with E-state index in [9.17, 15) is 4.79 Å². The Morgan fingerprint density at radius 2 is 2.36 bits per heavy atom. The molecule has 0 saturated carbocycles. The molecule has 0 aliphatic carbocycles. The summed E-state index contributed by atoms with van der Waals surface area (Å²) in [5.74, 6) is 0.637. The van der Waals surface area contributed by atoms with Crippen LogP contribution in [0.1, 0.15) is 12.8 Å². The smallest absolute Gasteiger partial charge is 0.288 e. The molecule has 0 unspecified atom stereocenters. The van der Waals surface area contributed by atoms with Crippen LogP contribution in [-0.2, 0) is 9.53 Å². The minimum atomic E-state index is 0.0738. The lowest BCUT2D eigenvalue weighted by molar-refractivity contribution is -0.125. The van der Waals surface area contributed by atoms with Crippen molar-refractivity contribution in [2.24, 2.45) is 0 Å². The third-order valence-electron chi connectivity index (χ3n) is 1.88. The van der Waals surface area contributed by atoms with E-state index >= 15 is 0 Å². The van der Waals surface area contributed by atoms with Crippen LogP contribution in [0.5, 0.6) is 0 Å². The molecule has 0 spiro atoms. The zero-order chi connectivity index (χ0) is 7.68. The molecule has 2 heterocycles. The van der Waals surface area contributed by atoms with Crippen molar-refractivity contribution < 1.29 is 9.53 Å². The van der Waals surface area contributed by atoms with E-state index in [1.165, 1.54) is 0 Å². The van der Waals surface area contributed by atoms with Gasteiger partial charge in [-0.15, -0.1) is 0 Å². The number of carbonyl (C=O) groups is 1. The van der Waals surface area contributed by atoms with Gasteiger partial charge in [-0.25, -0.2) is 0 Å². The first-order chi connectivity index (χ1) is 5.38. The van der Waals surface area contributed by atoms with Crippen LogP contribution in [0, 0.1) is 0 Å². The lowest BCUT2D eigenvalue weighted by Crippen LogP contribution is -2.17. The topological polar surface area (TPSA) is 29.3 Å². The summed E-state index contributed by atoms with van der Waals surface area (Å²) < 4.78 is 5.21. The Morgan fingerprint density at radius 1 is 1.55 bits per heavy atom. The molecule has 2 aliphatic heterocycles. The molecule has 11 heavy (non-hydrogen) atoms. The van der Waals surface area contributed by atoms with Crippen molar-refractivity contribution in [3.05, 3.63) is 11.8 Å². The Morgan fingerprint density at radius 3 is 2.91 bits per heavy atom. The summed E-state index contributed by atoms with van der Waals surface area (Å²) in [5.41, 5.74) is 0. The Kier molecular flexibility index (Phi) is 1.56. The number of amides is 1. The molecule has 0 aromatic rings.